The van der Waals surface area contributed by atoms with Gasteiger partial charge in [0.1, 0.15) is 0 Å². The number of piperidine rings is 1. The van der Waals surface area contributed by atoms with E-state index in [0.29, 0.717) is 6.04 Å². The van der Waals surface area contributed by atoms with Crippen molar-refractivity contribution in [3.63, 3.8) is 0 Å². The summed E-state index contributed by atoms with van der Waals surface area (Å²) in [6.07, 6.45) is 2.46. The predicted octanol–water partition coefficient (Wildman–Crippen LogP) is -2.52. The van der Waals surface area contributed by atoms with Gasteiger partial charge in [0.05, 0.1) is 6.04 Å². The van der Waals surface area contributed by atoms with Gasteiger partial charge < -0.3 is 23.9 Å². The van der Waals surface area contributed by atoms with Crippen LogP contribution in [0.5, 0.6) is 0 Å². The van der Waals surface area contributed by atoms with E-state index >= 15 is 0 Å². The van der Waals surface area contributed by atoms with Crippen LogP contribution in [-0.2, 0) is 6.54 Å². The highest BCUT2D eigenvalue weighted by Gasteiger charge is 2.17. The SMILES string of the molecule is Nc1ccc(CN2CCC([NH3+])CC2)cc1.[Cl-]. The van der Waals surface area contributed by atoms with Crippen molar-refractivity contribution in [2.45, 2.75) is 25.4 Å². The average molecular weight is 242 g/mol. The molecule has 0 aromatic heterocycles. The van der Waals surface area contributed by atoms with Gasteiger partial charge in [0.25, 0.3) is 0 Å². The van der Waals surface area contributed by atoms with E-state index in [1.54, 1.807) is 0 Å². The second-order valence-corrected chi connectivity index (χ2v) is 4.46. The van der Waals surface area contributed by atoms with E-state index in [1.807, 2.05) is 12.1 Å². The Morgan fingerprint density at radius 3 is 2.31 bits per heavy atom. The molecule has 1 aromatic carbocycles. The van der Waals surface area contributed by atoms with Crippen molar-refractivity contribution in [2.75, 3.05) is 18.8 Å². The lowest BCUT2D eigenvalue weighted by Gasteiger charge is -2.28. The molecule has 1 fully saturated rings. The highest BCUT2D eigenvalue weighted by molar-refractivity contribution is 5.39. The summed E-state index contributed by atoms with van der Waals surface area (Å²) in [4.78, 5) is 2.49. The lowest BCUT2D eigenvalue weighted by Crippen LogP contribution is -3.00. The fourth-order valence-electron chi connectivity index (χ4n) is 2.03. The molecule has 0 spiro atoms. The van der Waals surface area contributed by atoms with Crippen LogP contribution in [0.25, 0.3) is 0 Å². The minimum Gasteiger partial charge on any atom is -1.00 e. The van der Waals surface area contributed by atoms with Gasteiger partial charge in [-0.3, -0.25) is 4.90 Å². The normalized spacial score (nSPS) is 18.1. The molecule has 0 unspecified atom stereocenters. The largest absolute Gasteiger partial charge is 1.00 e. The number of rotatable bonds is 2. The first-order valence-corrected chi connectivity index (χ1v) is 5.64. The molecule has 0 saturated carbocycles. The van der Waals surface area contributed by atoms with Crippen LogP contribution in [-0.4, -0.2) is 24.0 Å². The Kier molecular flexibility index (Phi) is 5.06. The Labute approximate surface area is 103 Å². The van der Waals surface area contributed by atoms with E-state index in [4.69, 9.17) is 5.73 Å². The molecule has 16 heavy (non-hydrogen) atoms. The number of nitrogens with two attached hydrogens (primary N) is 1. The summed E-state index contributed by atoms with van der Waals surface area (Å²) in [5.74, 6) is 0. The lowest BCUT2D eigenvalue weighted by molar-refractivity contribution is -0.426. The van der Waals surface area contributed by atoms with E-state index in [2.05, 4.69) is 22.8 Å². The van der Waals surface area contributed by atoms with Gasteiger partial charge in [0.2, 0.25) is 0 Å². The number of benzene rings is 1. The molecule has 1 saturated heterocycles. The van der Waals surface area contributed by atoms with Gasteiger partial charge in [-0.2, -0.15) is 0 Å². The summed E-state index contributed by atoms with van der Waals surface area (Å²) in [7, 11) is 0. The van der Waals surface area contributed by atoms with Crippen LogP contribution < -0.4 is 23.9 Å². The number of quaternary nitrogens is 1. The van der Waals surface area contributed by atoms with Crippen LogP contribution in [0.3, 0.4) is 0 Å². The second kappa shape index (κ2) is 6.09. The maximum absolute atomic E-state index is 5.66. The molecule has 90 valence electrons. The summed E-state index contributed by atoms with van der Waals surface area (Å²) in [6.45, 7) is 3.41. The first kappa shape index (κ1) is 13.3. The van der Waals surface area contributed by atoms with Gasteiger partial charge in [0.15, 0.2) is 0 Å². The van der Waals surface area contributed by atoms with Crippen molar-refractivity contribution in [1.29, 1.82) is 0 Å². The number of likely N-dealkylation sites (tertiary alicyclic amines) is 1. The van der Waals surface area contributed by atoms with E-state index in [1.165, 1.54) is 31.5 Å². The zero-order chi connectivity index (χ0) is 10.7. The van der Waals surface area contributed by atoms with Gasteiger partial charge in [-0.15, -0.1) is 0 Å². The summed E-state index contributed by atoms with van der Waals surface area (Å²) in [6, 6.07) is 8.84. The van der Waals surface area contributed by atoms with E-state index in [-0.39, 0.29) is 12.4 Å². The Balaban J connectivity index is 0.00000128. The van der Waals surface area contributed by atoms with Gasteiger partial charge in [-0.25, -0.2) is 0 Å². The third-order valence-electron chi connectivity index (χ3n) is 3.09. The topological polar surface area (TPSA) is 56.9 Å². The van der Waals surface area contributed by atoms with E-state index < -0.39 is 0 Å². The molecule has 3 nitrogen and oxygen atoms in total. The standard InChI is InChI=1S/C12H19N3.ClH/c13-11-3-1-10(2-4-11)9-15-7-5-12(14)6-8-15;/h1-4,12H,5-9,13-14H2;1H. The molecular weight excluding hydrogens is 222 g/mol. The van der Waals surface area contributed by atoms with Crippen LogP contribution >= 0.6 is 0 Å². The fraction of sp³-hybridized carbons (Fsp3) is 0.500. The molecule has 1 heterocycles. The quantitative estimate of drug-likeness (QED) is 0.562. The molecule has 1 aromatic rings. The fourth-order valence-corrected chi connectivity index (χ4v) is 2.03. The number of hydrogen-bond donors (Lipinski definition) is 2. The van der Waals surface area contributed by atoms with E-state index in [9.17, 15) is 0 Å². The minimum absolute atomic E-state index is 0. The molecular formula is C12H20ClN3. The Morgan fingerprint density at radius 1 is 1.19 bits per heavy atom. The van der Waals surface area contributed by atoms with E-state index in [0.717, 1.165) is 12.2 Å². The molecule has 0 bridgehead atoms. The molecule has 4 heteroatoms. The van der Waals surface area contributed by atoms with Crippen LogP contribution in [0.4, 0.5) is 5.69 Å². The van der Waals surface area contributed by atoms with Crippen molar-refractivity contribution in [2.24, 2.45) is 0 Å². The van der Waals surface area contributed by atoms with Gasteiger partial charge in [-0.05, 0) is 17.7 Å². The Hall–Kier alpha value is -0.770. The maximum atomic E-state index is 5.66. The molecule has 0 aliphatic carbocycles. The lowest BCUT2D eigenvalue weighted by atomic mass is 10.1. The number of halogens is 1. The first-order chi connectivity index (χ1) is 7.24. The monoisotopic (exact) mass is 241 g/mol. The molecule has 5 N–H and O–H groups in total. The van der Waals surface area contributed by atoms with Crippen molar-refractivity contribution < 1.29 is 18.1 Å². The third kappa shape index (κ3) is 3.67. The number of anilines is 1. The highest BCUT2D eigenvalue weighted by atomic mass is 35.5. The second-order valence-electron chi connectivity index (χ2n) is 4.46. The number of nitrogens with zero attached hydrogens (tertiary/aromatic N) is 1. The molecule has 0 atom stereocenters. The van der Waals surface area contributed by atoms with Gasteiger partial charge in [0, 0.05) is 38.2 Å². The molecule has 0 amide bonds. The highest BCUT2D eigenvalue weighted by Crippen LogP contribution is 2.13. The zero-order valence-corrected chi connectivity index (χ0v) is 10.3. The smallest absolute Gasteiger partial charge is 0.0868 e. The minimum atomic E-state index is 0. The van der Waals surface area contributed by atoms with Crippen LogP contribution in [0.15, 0.2) is 24.3 Å². The van der Waals surface area contributed by atoms with Crippen molar-refractivity contribution in [3.05, 3.63) is 29.8 Å². The molecule has 1 aliphatic rings. The Bertz CT molecular complexity index is 305. The Morgan fingerprint density at radius 2 is 1.75 bits per heavy atom. The van der Waals surface area contributed by atoms with Crippen LogP contribution in [0, 0.1) is 0 Å². The van der Waals surface area contributed by atoms with Gasteiger partial charge >= 0.3 is 0 Å². The van der Waals surface area contributed by atoms with Crippen LogP contribution in [0.1, 0.15) is 18.4 Å². The van der Waals surface area contributed by atoms with Crippen molar-refractivity contribution in [1.82, 2.24) is 4.90 Å². The molecule has 0 radical (unpaired) electrons. The van der Waals surface area contributed by atoms with Crippen molar-refractivity contribution >= 4 is 5.69 Å². The van der Waals surface area contributed by atoms with Crippen LogP contribution in [0.2, 0.25) is 0 Å². The third-order valence-corrected chi connectivity index (χ3v) is 3.09. The molecule has 2 rings (SSSR count). The summed E-state index contributed by atoms with van der Waals surface area (Å²) in [5.41, 5.74) is 12.0. The number of hydrogen-bond acceptors (Lipinski definition) is 2. The summed E-state index contributed by atoms with van der Waals surface area (Å²) in [5, 5.41) is 0. The summed E-state index contributed by atoms with van der Waals surface area (Å²) >= 11 is 0. The summed E-state index contributed by atoms with van der Waals surface area (Å²) < 4.78 is 0. The first-order valence-electron chi connectivity index (χ1n) is 5.64. The molecule has 1 aliphatic heterocycles. The maximum Gasteiger partial charge on any atom is 0.0868 e. The van der Waals surface area contributed by atoms with Crippen molar-refractivity contribution in [3.8, 4) is 0 Å². The number of nitrogen functional groups attached to an aromatic ring is 1. The zero-order valence-electron chi connectivity index (χ0n) is 9.53. The van der Waals surface area contributed by atoms with Gasteiger partial charge in [-0.1, -0.05) is 12.1 Å². The average Bonchev–Trinajstić information content (AvgIpc) is 2.25. The predicted molar refractivity (Wildman–Crippen MR) is 62.0 cm³/mol.